The van der Waals surface area contributed by atoms with E-state index in [2.05, 4.69) is 33.4 Å². The first-order valence-corrected chi connectivity index (χ1v) is 7.71. The third-order valence-electron chi connectivity index (χ3n) is 4.12. The van der Waals surface area contributed by atoms with Crippen molar-refractivity contribution in [2.45, 2.75) is 11.8 Å². The van der Waals surface area contributed by atoms with Crippen LogP contribution in [0.25, 0.3) is 0 Å². The molecule has 1 aliphatic heterocycles. The van der Waals surface area contributed by atoms with Crippen LogP contribution in [0, 0.1) is 5.82 Å². The highest BCUT2D eigenvalue weighted by Crippen LogP contribution is 2.34. The number of methoxy groups -OCH3 is 1. The first-order valence-electron chi connectivity index (χ1n) is 6.92. The van der Waals surface area contributed by atoms with Crippen molar-refractivity contribution in [3.8, 4) is 5.75 Å². The molecule has 2 nitrogen and oxygen atoms in total. The van der Waals surface area contributed by atoms with Gasteiger partial charge in [0.2, 0.25) is 0 Å². The molecule has 0 bridgehead atoms. The highest BCUT2D eigenvalue weighted by atomic mass is 79.9. The van der Waals surface area contributed by atoms with Gasteiger partial charge in [-0.25, -0.2) is 4.39 Å². The van der Waals surface area contributed by atoms with Gasteiger partial charge in [0, 0.05) is 23.0 Å². The van der Waals surface area contributed by atoms with Gasteiger partial charge in [-0.3, -0.25) is 0 Å². The van der Waals surface area contributed by atoms with Gasteiger partial charge in [-0.05, 0) is 41.8 Å². The Morgan fingerprint density at radius 3 is 2.62 bits per heavy atom. The van der Waals surface area contributed by atoms with E-state index in [1.54, 1.807) is 12.1 Å². The average Bonchev–Trinajstić information content (AvgIpc) is 2.43. The minimum Gasteiger partial charge on any atom is -0.494 e. The Morgan fingerprint density at radius 1 is 1.24 bits per heavy atom. The van der Waals surface area contributed by atoms with Crippen molar-refractivity contribution < 1.29 is 9.13 Å². The molecular weight excluding hydrogens is 333 g/mol. The Kier molecular flexibility index (Phi) is 4.00. The number of nitrogens with one attached hydrogen (secondary N) is 1. The van der Waals surface area contributed by atoms with Gasteiger partial charge in [-0.1, -0.05) is 34.1 Å². The van der Waals surface area contributed by atoms with E-state index in [0.717, 1.165) is 29.5 Å². The lowest BCUT2D eigenvalue weighted by atomic mass is 9.71. The summed E-state index contributed by atoms with van der Waals surface area (Å²) in [5.41, 5.74) is 2.33. The average molecular weight is 350 g/mol. The summed E-state index contributed by atoms with van der Waals surface area (Å²) >= 11 is 3.53. The van der Waals surface area contributed by atoms with Crippen molar-refractivity contribution in [2.75, 3.05) is 20.2 Å². The smallest absolute Gasteiger partial charge is 0.165 e. The van der Waals surface area contributed by atoms with Crippen molar-refractivity contribution in [3.63, 3.8) is 0 Å². The Labute approximate surface area is 132 Å². The van der Waals surface area contributed by atoms with Crippen molar-refractivity contribution >= 4 is 15.9 Å². The summed E-state index contributed by atoms with van der Waals surface area (Å²) in [5, 5.41) is 3.34. The minimum atomic E-state index is -0.299. The van der Waals surface area contributed by atoms with Gasteiger partial charge in [-0.2, -0.15) is 0 Å². The molecule has 0 aromatic heterocycles. The van der Waals surface area contributed by atoms with E-state index < -0.39 is 0 Å². The highest BCUT2D eigenvalue weighted by molar-refractivity contribution is 9.10. The maximum absolute atomic E-state index is 13.9. The van der Waals surface area contributed by atoms with E-state index in [4.69, 9.17) is 4.74 Å². The summed E-state index contributed by atoms with van der Waals surface area (Å²) < 4.78 is 19.9. The number of ether oxygens (including phenoxy) is 1. The van der Waals surface area contributed by atoms with Gasteiger partial charge in [0.1, 0.15) is 0 Å². The van der Waals surface area contributed by atoms with Crippen LogP contribution in [0.2, 0.25) is 0 Å². The number of rotatable bonds is 4. The van der Waals surface area contributed by atoms with Crippen LogP contribution in [-0.4, -0.2) is 20.2 Å². The molecule has 0 radical (unpaired) electrons. The maximum Gasteiger partial charge on any atom is 0.165 e. The lowest BCUT2D eigenvalue weighted by molar-refractivity contribution is 0.274. The van der Waals surface area contributed by atoms with E-state index in [-0.39, 0.29) is 11.2 Å². The van der Waals surface area contributed by atoms with Crippen LogP contribution in [-0.2, 0) is 11.8 Å². The lowest BCUT2D eigenvalue weighted by Gasteiger charge is -2.43. The van der Waals surface area contributed by atoms with Crippen LogP contribution in [0.5, 0.6) is 5.75 Å². The molecule has 1 fully saturated rings. The zero-order valence-electron chi connectivity index (χ0n) is 11.8. The third-order valence-corrected chi connectivity index (χ3v) is 4.62. The van der Waals surface area contributed by atoms with Gasteiger partial charge >= 0.3 is 0 Å². The molecule has 21 heavy (non-hydrogen) atoms. The molecule has 2 aromatic rings. The Hall–Kier alpha value is -1.39. The van der Waals surface area contributed by atoms with E-state index >= 15 is 0 Å². The predicted molar refractivity (Wildman–Crippen MR) is 85.3 cm³/mol. The summed E-state index contributed by atoms with van der Waals surface area (Å²) in [4.78, 5) is 0. The molecule has 0 aliphatic carbocycles. The molecule has 1 aliphatic rings. The number of halogens is 2. The summed E-state index contributed by atoms with van der Waals surface area (Å²) in [6.07, 6.45) is 0.817. The Bertz CT molecular complexity index is 655. The molecule has 0 atom stereocenters. The summed E-state index contributed by atoms with van der Waals surface area (Å²) in [6.45, 7) is 1.83. The monoisotopic (exact) mass is 349 g/mol. The van der Waals surface area contributed by atoms with Gasteiger partial charge in [0.15, 0.2) is 11.6 Å². The van der Waals surface area contributed by atoms with Crippen molar-refractivity contribution in [1.29, 1.82) is 0 Å². The van der Waals surface area contributed by atoms with Crippen LogP contribution in [0.1, 0.15) is 11.1 Å². The van der Waals surface area contributed by atoms with Crippen LogP contribution in [0.3, 0.4) is 0 Å². The fourth-order valence-electron chi connectivity index (χ4n) is 2.89. The maximum atomic E-state index is 13.9. The van der Waals surface area contributed by atoms with Crippen LogP contribution < -0.4 is 10.1 Å². The molecule has 0 amide bonds. The van der Waals surface area contributed by atoms with Crippen LogP contribution >= 0.6 is 15.9 Å². The minimum absolute atomic E-state index is 0.0464. The molecule has 1 heterocycles. The van der Waals surface area contributed by atoms with E-state index in [9.17, 15) is 4.39 Å². The molecule has 3 rings (SSSR count). The Balaban J connectivity index is 1.89. The molecule has 1 N–H and O–H groups in total. The summed E-state index contributed by atoms with van der Waals surface area (Å²) in [6, 6.07) is 13.6. The number of hydrogen-bond donors (Lipinski definition) is 1. The molecule has 0 unspecified atom stereocenters. The highest BCUT2D eigenvalue weighted by Gasteiger charge is 2.38. The zero-order valence-corrected chi connectivity index (χ0v) is 13.4. The normalized spacial score (nSPS) is 16.3. The fourth-order valence-corrected chi connectivity index (χ4v) is 3.29. The van der Waals surface area contributed by atoms with Gasteiger partial charge in [-0.15, -0.1) is 0 Å². The molecule has 110 valence electrons. The quantitative estimate of drug-likeness (QED) is 0.908. The molecule has 0 spiro atoms. The molecule has 0 saturated carbocycles. The van der Waals surface area contributed by atoms with Crippen molar-refractivity contribution in [3.05, 3.63) is 63.9 Å². The van der Waals surface area contributed by atoms with E-state index in [0.29, 0.717) is 5.75 Å². The van der Waals surface area contributed by atoms with Gasteiger partial charge in [0.05, 0.1) is 7.11 Å². The standard InChI is InChI=1S/C17H17BrFNO/c1-21-16-6-5-12(7-15(16)19)9-17(10-20-11-17)13-3-2-4-14(18)8-13/h2-8,20H,9-11H2,1H3. The fraction of sp³-hybridized carbons (Fsp3) is 0.294. The third kappa shape index (κ3) is 2.83. The number of hydrogen-bond acceptors (Lipinski definition) is 2. The van der Waals surface area contributed by atoms with E-state index in [1.165, 1.54) is 12.7 Å². The van der Waals surface area contributed by atoms with E-state index in [1.807, 2.05) is 18.2 Å². The van der Waals surface area contributed by atoms with Crippen LogP contribution in [0.15, 0.2) is 46.9 Å². The first-order chi connectivity index (χ1) is 10.1. The van der Waals surface area contributed by atoms with Gasteiger partial charge in [0.25, 0.3) is 0 Å². The largest absolute Gasteiger partial charge is 0.494 e. The lowest BCUT2D eigenvalue weighted by Crippen LogP contribution is -2.58. The molecule has 2 aromatic carbocycles. The second kappa shape index (κ2) is 5.78. The van der Waals surface area contributed by atoms with Gasteiger partial charge < -0.3 is 10.1 Å². The zero-order chi connectivity index (χ0) is 14.9. The van der Waals surface area contributed by atoms with Crippen molar-refractivity contribution in [1.82, 2.24) is 5.32 Å². The van der Waals surface area contributed by atoms with Crippen LogP contribution in [0.4, 0.5) is 4.39 Å². The molecule has 1 saturated heterocycles. The topological polar surface area (TPSA) is 21.3 Å². The Morgan fingerprint density at radius 2 is 2.05 bits per heavy atom. The summed E-state index contributed by atoms with van der Waals surface area (Å²) in [5.74, 6) is -0.00587. The summed E-state index contributed by atoms with van der Waals surface area (Å²) in [7, 11) is 1.48. The molecule has 4 heteroatoms. The molecular formula is C17H17BrFNO. The second-order valence-electron chi connectivity index (χ2n) is 5.54. The predicted octanol–water partition coefficient (Wildman–Crippen LogP) is 3.68. The van der Waals surface area contributed by atoms with Crippen molar-refractivity contribution in [2.24, 2.45) is 0 Å². The second-order valence-corrected chi connectivity index (χ2v) is 6.46. The number of benzene rings is 2. The first kappa shape index (κ1) is 14.5. The SMILES string of the molecule is COc1ccc(CC2(c3cccc(Br)c3)CNC2)cc1F.